The fourth-order valence-corrected chi connectivity index (χ4v) is 2.23. The normalized spacial score (nSPS) is 15.2. The van der Waals surface area contributed by atoms with Crippen LogP contribution in [0.5, 0.6) is 0 Å². The standard InChI is InChI=1S/C11H20N2OS/c1-8(5-12-9(2)6-14-4)11-13-10(3)7-15-11/h7-9,12H,5-6H2,1-4H3. The van der Waals surface area contributed by atoms with E-state index in [0.717, 1.165) is 18.8 Å². The monoisotopic (exact) mass is 228 g/mol. The first kappa shape index (κ1) is 12.6. The lowest BCUT2D eigenvalue weighted by Crippen LogP contribution is -2.33. The van der Waals surface area contributed by atoms with Crippen molar-refractivity contribution in [1.29, 1.82) is 0 Å². The molecule has 3 nitrogen and oxygen atoms in total. The van der Waals surface area contributed by atoms with Gasteiger partial charge >= 0.3 is 0 Å². The second-order valence-corrected chi connectivity index (χ2v) is 4.88. The highest BCUT2D eigenvalue weighted by Crippen LogP contribution is 2.18. The predicted molar refractivity (Wildman–Crippen MR) is 64.6 cm³/mol. The summed E-state index contributed by atoms with van der Waals surface area (Å²) in [7, 11) is 1.73. The van der Waals surface area contributed by atoms with Crippen LogP contribution < -0.4 is 5.32 Å². The Hall–Kier alpha value is -0.450. The van der Waals surface area contributed by atoms with Gasteiger partial charge in [-0.2, -0.15) is 0 Å². The molecule has 0 spiro atoms. The van der Waals surface area contributed by atoms with E-state index in [1.807, 2.05) is 6.92 Å². The number of ether oxygens (including phenoxy) is 1. The molecule has 86 valence electrons. The second kappa shape index (κ2) is 6.20. The van der Waals surface area contributed by atoms with Crippen LogP contribution in [0.25, 0.3) is 0 Å². The summed E-state index contributed by atoms with van der Waals surface area (Å²) in [6.07, 6.45) is 0. The molecule has 0 saturated heterocycles. The van der Waals surface area contributed by atoms with Crippen LogP contribution >= 0.6 is 11.3 Å². The van der Waals surface area contributed by atoms with Crippen molar-refractivity contribution in [3.05, 3.63) is 16.1 Å². The van der Waals surface area contributed by atoms with Crippen molar-refractivity contribution < 1.29 is 4.74 Å². The average molecular weight is 228 g/mol. The maximum atomic E-state index is 5.07. The number of aromatic nitrogens is 1. The molecule has 1 heterocycles. The lowest BCUT2D eigenvalue weighted by molar-refractivity contribution is 0.171. The largest absolute Gasteiger partial charge is 0.383 e. The summed E-state index contributed by atoms with van der Waals surface area (Å²) >= 11 is 1.74. The summed E-state index contributed by atoms with van der Waals surface area (Å²) in [5, 5.41) is 6.75. The number of methoxy groups -OCH3 is 1. The van der Waals surface area contributed by atoms with E-state index in [1.165, 1.54) is 5.01 Å². The van der Waals surface area contributed by atoms with Crippen molar-refractivity contribution in [1.82, 2.24) is 10.3 Å². The Morgan fingerprint density at radius 3 is 2.80 bits per heavy atom. The van der Waals surface area contributed by atoms with Crippen molar-refractivity contribution in [2.75, 3.05) is 20.3 Å². The molecule has 0 aliphatic rings. The van der Waals surface area contributed by atoms with E-state index in [2.05, 4.69) is 29.5 Å². The molecule has 0 aliphatic carbocycles. The van der Waals surface area contributed by atoms with E-state index in [9.17, 15) is 0 Å². The van der Waals surface area contributed by atoms with Gasteiger partial charge in [0, 0.05) is 36.7 Å². The van der Waals surface area contributed by atoms with Gasteiger partial charge in [-0.05, 0) is 13.8 Å². The van der Waals surface area contributed by atoms with Crippen LogP contribution in [0, 0.1) is 6.92 Å². The molecule has 0 fully saturated rings. The number of thiazole rings is 1. The Morgan fingerprint density at radius 1 is 1.53 bits per heavy atom. The van der Waals surface area contributed by atoms with Crippen LogP contribution in [0.15, 0.2) is 5.38 Å². The van der Waals surface area contributed by atoms with E-state index >= 15 is 0 Å². The Bertz CT molecular complexity index is 288. The maximum absolute atomic E-state index is 5.07. The summed E-state index contributed by atoms with van der Waals surface area (Å²) < 4.78 is 5.07. The first-order valence-corrected chi connectivity index (χ1v) is 6.15. The van der Waals surface area contributed by atoms with Crippen LogP contribution in [0.3, 0.4) is 0 Å². The minimum atomic E-state index is 0.401. The molecule has 15 heavy (non-hydrogen) atoms. The van der Waals surface area contributed by atoms with Gasteiger partial charge in [0.15, 0.2) is 0 Å². The summed E-state index contributed by atoms with van der Waals surface area (Å²) in [5.74, 6) is 0.475. The van der Waals surface area contributed by atoms with Gasteiger partial charge in [-0.1, -0.05) is 6.92 Å². The van der Waals surface area contributed by atoms with Crippen molar-refractivity contribution in [3.8, 4) is 0 Å². The maximum Gasteiger partial charge on any atom is 0.0969 e. The second-order valence-electron chi connectivity index (χ2n) is 3.99. The lowest BCUT2D eigenvalue weighted by Gasteiger charge is -2.15. The quantitative estimate of drug-likeness (QED) is 0.810. The molecule has 2 unspecified atom stereocenters. The number of rotatable bonds is 6. The summed E-state index contributed by atoms with van der Waals surface area (Å²) in [6, 6.07) is 0.401. The van der Waals surface area contributed by atoms with E-state index in [4.69, 9.17) is 4.74 Å². The van der Waals surface area contributed by atoms with Gasteiger partial charge < -0.3 is 10.1 Å². The highest BCUT2D eigenvalue weighted by Gasteiger charge is 2.10. The molecule has 1 aromatic rings. The first-order chi connectivity index (χ1) is 7.13. The lowest BCUT2D eigenvalue weighted by atomic mass is 10.2. The molecule has 0 saturated carbocycles. The third-order valence-corrected chi connectivity index (χ3v) is 3.44. The highest BCUT2D eigenvalue weighted by atomic mass is 32.1. The minimum absolute atomic E-state index is 0.401. The van der Waals surface area contributed by atoms with Crippen LogP contribution in [0.1, 0.15) is 30.5 Å². The van der Waals surface area contributed by atoms with E-state index in [1.54, 1.807) is 18.4 Å². The third kappa shape index (κ3) is 4.28. The van der Waals surface area contributed by atoms with Crippen molar-refractivity contribution >= 4 is 11.3 Å². The van der Waals surface area contributed by atoms with E-state index in [-0.39, 0.29) is 0 Å². The van der Waals surface area contributed by atoms with Crippen LogP contribution in [0.2, 0.25) is 0 Å². The minimum Gasteiger partial charge on any atom is -0.383 e. The highest BCUT2D eigenvalue weighted by molar-refractivity contribution is 7.09. The van der Waals surface area contributed by atoms with E-state index in [0.29, 0.717) is 12.0 Å². The van der Waals surface area contributed by atoms with Crippen LogP contribution in [-0.2, 0) is 4.74 Å². The number of hydrogen-bond donors (Lipinski definition) is 1. The zero-order valence-electron chi connectivity index (χ0n) is 9.91. The van der Waals surface area contributed by atoms with Gasteiger partial charge in [0.2, 0.25) is 0 Å². The molecule has 4 heteroatoms. The average Bonchev–Trinajstić information content (AvgIpc) is 2.62. The Morgan fingerprint density at radius 2 is 2.27 bits per heavy atom. The molecule has 0 radical (unpaired) electrons. The third-order valence-electron chi connectivity index (χ3n) is 2.25. The fraction of sp³-hybridized carbons (Fsp3) is 0.727. The van der Waals surface area contributed by atoms with E-state index < -0.39 is 0 Å². The molecule has 1 aromatic heterocycles. The molecular formula is C11H20N2OS. The first-order valence-electron chi connectivity index (χ1n) is 5.27. The molecule has 2 atom stereocenters. The topological polar surface area (TPSA) is 34.1 Å². The molecule has 0 aliphatic heterocycles. The molecule has 0 aromatic carbocycles. The fourth-order valence-electron chi connectivity index (χ4n) is 1.37. The summed E-state index contributed by atoms with van der Waals surface area (Å²) in [4.78, 5) is 4.48. The number of aryl methyl sites for hydroxylation is 1. The van der Waals surface area contributed by atoms with Crippen molar-refractivity contribution in [2.45, 2.75) is 32.7 Å². The van der Waals surface area contributed by atoms with Gasteiger partial charge in [-0.25, -0.2) is 4.98 Å². The Kier molecular flexibility index (Phi) is 5.22. The van der Waals surface area contributed by atoms with Crippen molar-refractivity contribution in [3.63, 3.8) is 0 Å². The van der Waals surface area contributed by atoms with Gasteiger partial charge in [0.1, 0.15) is 0 Å². The van der Waals surface area contributed by atoms with Gasteiger partial charge in [0.05, 0.1) is 11.6 Å². The molecule has 0 bridgehead atoms. The smallest absolute Gasteiger partial charge is 0.0969 e. The number of nitrogens with zero attached hydrogens (tertiary/aromatic N) is 1. The number of nitrogens with one attached hydrogen (secondary N) is 1. The van der Waals surface area contributed by atoms with Crippen LogP contribution in [-0.4, -0.2) is 31.3 Å². The summed E-state index contributed by atoms with van der Waals surface area (Å²) in [6.45, 7) is 8.07. The molecule has 1 rings (SSSR count). The SMILES string of the molecule is COCC(C)NCC(C)c1nc(C)cs1. The molecule has 0 amide bonds. The molecular weight excluding hydrogens is 208 g/mol. The Balaban J connectivity index is 2.33. The summed E-state index contributed by atoms with van der Waals surface area (Å²) in [5.41, 5.74) is 1.12. The number of hydrogen-bond acceptors (Lipinski definition) is 4. The van der Waals surface area contributed by atoms with Gasteiger partial charge in [-0.15, -0.1) is 11.3 Å². The zero-order valence-corrected chi connectivity index (χ0v) is 10.7. The van der Waals surface area contributed by atoms with Gasteiger partial charge in [0.25, 0.3) is 0 Å². The molecule has 1 N–H and O–H groups in total. The van der Waals surface area contributed by atoms with Crippen molar-refractivity contribution in [2.24, 2.45) is 0 Å². The predicted octanol–water partition coefficient (Wildman–Crippen LogP) is 2.18. The van der Waals surface area contributed by atoms with Gasteiger partial charge in [-0.3, -0.25) is 0 Å². The Labute approximate surface area is 95.9 Å². The van der Waals surface area contributed by atoms with Crippen LogP contribution in [0.4, 0.5) is 0 Å². The zero-order chi connectivity index (χ0) is 11.3.